The summed E-state index contributed by atoms with van der Waals surface area (Å²) < 4.78 is 5.04. The zero-order valence-corrected chi connectivity index (χ0v) is 8.84. The molecule has 0 saturated heterocycles. The number of hydrogen-bond donors (Lipinski definition) is 2. The average molecular weight is 216 g/mol. The maximum absolute atomic E-state index is 8.52. The molecule has 3 nitrogen and oxygen atoms in total. The average Bonchev–Trinajstić information content (AvgIpc) is 2.18. The fourth-order valence-electron chi connectivity index (χ4n) is 1.18. The Labute approximate surface area is 88.7 Å². The van der Waals surface area contributed by atoms with Gasteiger partial charge in [-0.25, -0.2) is 0 Å². The normalized spacial score (nSPS) is 10.2. The van der Waals surface area contributed by atoms with Crippen LogP contribution >= 0.6 is 11.6 Å². The van der Waals surface area contributed by atoms with E-state index in [-0.39, 0.29) is 6.73 Å². The number of nitrogens with one attached hydrogen (secondary N) is 1. The van der Waals surface area contributed by atoms with E-state index in [9.17, 15) is 0 Å². The number of ether oxygens (including phenoxy) is 1. The van der Waals surface area contributed by atoms with E-state index in [0.29, 0.717) is 10.8 Å². The molecule has 0 heterocycles. The molecule has 14 heavy (non-hydrogen) atoms. The Morgan fingerprint density at radius 1 is 1.50 bits per heavy atom. The zero-order valence-electron chi connectivity index (χ0n) is 8.09. The molecule has 0 aliphatic heterocycles. The Morgan fingerprint density at radius 3 is 2.86 bits per heavy atom. The predicted octanol–water partition coefficient (Wildman–Crippen LogP) is 1.43. The van der Waals surface area contributed by atoms with Gasteiger partial charge in [0.05, 0.1) is 18.9 Å². The molecule has 0 atom stereocenters. The molecule has 0 unspecified atom stereocenters. The lowest BCUT2D eigenvalue weighted by Crippen LogP contribution is -2.17. The van der Waals surface area contributed by atoms with Crippen LogP contribution in [0.3, 0.4) is 0 Å². The van der Waals surface area contributed by atoms with Gasteiger partial charge in [-0.3, -0.25) is 5.32 Å². The monoisotopic (exact) mass is 215 g/mol. The van der Waals surface area contributed by atoms with Crippen molar-refractivity contribution < 1.29 is 9.84 Å². The number of rotatable bonds is 5. The summed E-state index contributed by atoms with van der Waals surface area (Å²) in [4.78, 5) is 0. The van der Waals surface area contributed by atoms with Crippen LogP contribution in [-0.4, -0.2) is 25.5 Å². The number of hydrogen-bond acceptors (Lipinski definition) is 3. The topological polar surface area (TPSA) is 41.5 Å². The summed E-state index contributed by atoms with van der Waals surface area (Å²) in [5, 5.41) is 12.0. The van der Waals surface area contributed by atoms with Gasteiger partial charge in [0, 0.05) is 6.54 Å². The van der Waals surface area contributed by atoms with Crippen molar-refractivity contribution in [1.29, 1.82) is 0 Å². The molecular weight excluding hydrogens is 202 g/mol. The summed E-state index contributed by atoms with van der Waals surface area (Å²) in [6, 6.07) is 5.68. The lowest BCUT2D eigenvalue weighted by Gasteiger charge is -2.06. The molecule has 0 aromatic heterocycles. The zero-order chi connectivity index (χ0) is 10.4. The van der Waals surface area contributed by atoms with E-state index in [1.165, 1.54) is 0 Å². The molecule has 78 valence electrons. The Morgan fingerprint density at radius 2 is 2.29 bits per heavy atom. The van der Waals surface area contributed by atoms with Crippen molar-refractivity contribution in [2.45, 2.75) is 6.42 Å². The summed E-state index contributed by atoms with van der Waals surface area (Å²) in [5.74, 6) is 0.686. The Kier molecular flexibility index (Phi) is 4.73. The van der Waals surface area contributed by atoms with Crippen molar-refractivity contribution in [2.24, 2.45) is 0 Å². The van der Waals surface area contributed by atoms with Gasteiger partial charge in [-0.15, -0.1) is 0 Å². The minimum Gasteiger partial charge on any atom is -0.495 e. The smallest absolute Gasteiger partial charge is 0.137 e. The molecule has 1 rings (SSSR count). The van der Waals surface area contributed by atoms with Gasteiger partial charge < -0.3 is 9.84 Å². The lowest BCUT2D eigenvalue weighted by molar-refractivity contribution is 0.262. The molecule has 0 spiro atoms. The van der Waals surface area contributed by atoms with E-state index in [4.69, 9.17) is 21.4 Å². The van der Waals surface area contributed by atoms with Crippen LogP contribution in [0.2, 0.25) is 5.02 Å². The highest BCUT2D eigenvalue weighted by molar-refractivity contribution is 6.32. The third-order valence-corrected chi connectivity index (χ3v) is 2.21. The highest BCUT2D eigenvalue weighted by atomic mass is 35.5. The summed E-state index contributed by atoms with van der Waals surface area (Å²) in [7, 11) is 1.59. The van der Waals surface area contributed by atoms with Crippen LogP contribution in [0, 0.1) is 0 Å². The van der Waals surface area contributed by atoms with E-state index in [1.807, 2.05) is 18.2 Å². The van der Waals surface area contributed by atoms with Gasteiger partial charge in [-0.1, -0.05) is 17.7 Å². The van der Waals surface area contributed by atoms with E-state index >= 15 is 0 Å². The first-order valence-electron chi connectivity index (χ1n) is 4.42. The third kappa shape index (κ3) is 3.18. The Hall–Kier alpha value is -0.770. The molecule has 0 bridgehead atoms. The second kappa shape index (κ2) is 5.86. The Bertz CT molecular complexity index is 291. The molecule has 2 N–H and O–H groups in total. The van der Waals surface area contributed by atoms with Gasteiger partial charge >= 0.3 is 0 Å². The van der Waals surface area contributed by atoms with Gasteiger partial charge in [0.15, 0.2) is 0 Å². The standard InChI is InChI=1S/C10H14ClNO2/c1-14-10-3-2-8(6-9(10)11)4-5-12-7-13/h2-3,6,12-13H,4-5,7H2,1H3. The van der Waals surface area contributed by atoms with Crippen LogP contribution in [0.5, 0.6) is 5.75 Å². The SMILES string of the molecule is COc1ccc(CCNCO)cc1Cl. The fourth-order valence-corrected chi connectivity index (χ4v) is 1.46. The molecule has 0 amide bonds. The molecule has 0 aliphatic rings. The molecule has 0 fully saturated rings. The van der Waals surface area contributed by atoms with Crippen LogP contribution < -0.4 is 10.1 Å². The summed E-state index contributed by atoms with van der Waals surface area (Å²) >= 11 is 5.95. The second-order valence-electron chi connectivity index (χ2n) is 2.88. The van der Waals surface area contributed by atoms with E-state index in [2.05, 4.69) is 5.32 Å². The molecule has 0 saturated carbocycles. The van der Waals surface area contributed by atoms with Crippen molar-refractivity contribution in [3.8, 4) is 5.75 Å². The molecule has 1 aromatic rings. The summed E-state index contributed by atoms with van der Waals surface area (Å²) in [6.45, 7) is 0.739. The van der Waals surface area contributed by atoms with Crippen molar-refractivity contribution >= 4 is 11.6 Å². The summed E-state index contributed by atoms with van der Waals surface area (Å²) in [5.41, 5.74) is 1.12. The van der Waals surface area contributed by atoms with Gasteiger partial charge in [0.25, 0.3) is 0 Å². The van der Waals surface area contributed by atoms with Crippen LogP contribution in [-0.2, 0) is 6.42 Å². The number of methoxy groups -OCH3 is 1. The highest BCUT2D eigenvalue weighted by Gasteiger charge is 2.00. The van der Waals surface area contributed by atoms with Crippen LogP contribution in [0.1, 0.15) is 5.56 Å². The maximum Gasteiger partial charge on any atom is 0.137 e. The van der Waals surface area contributed by atoms with Crippen LogP contribution in [0.4, 0.5) is 0 Å². The summed E-state index contributed by atoms with van der Waals surface area (Å²) in [6.07, 6.45) is 0.838. The van der Waals surface area contributed by atoms with Gasteiger partial charge in [-0.2, -0.15) is 0 Å². The number of benzene rings is 1. The molecule has 1 aromatic carbocycles. The first kappa shape index (κ1) is 11.3. The largest absolute Gasteiger partial charge is 0.495 e. The lowest BCUT2D eigenvalue weighted by atomic mass is 10.1. The van der Waals surface area contributed by atoms with Gasteiger partial charge in [0.1, 0.15) is 5.75 Å². The fraction of sp³-hybridized carbons (Fsp3) is 0.400. The molecule has 0 radical (unpaired) electrons. The number of halogens is 1. The van der Waals surface area contributed by atoms with Crippen molar-refractivity contribution in [3.63, 3.8) is 0 Å². The van der Waals surface area contributed by atoms with Gasteiger partial charge in [-0.05, 0) is 24.1 Å². The van der Waals surface area contributed by atoms with E-state index in [0.717, 1.165) is 18.5 Å². The van der Waals surface area contributed by atoms with Crippen molar-refractivity contribution in [1.82, 2.24) is 5.32 Å². The third-order valence-electron chi connectivity index (χ3n) is 1.92. The van der Waals surface area contributed by atoms with Crippen LogP contribution in [0.15, 0.2) is 18.2 Å². The van der Waals surface area contributed by atoms with Gasteiger partial charge in [0.2, 0.25) is 0 Å². The van der Waals surface area contributed by atoms with Crippen molar-refractivity contribution in [2.75, 3.05) is 20.4 Å². The quantitative estimate of drug-likeness (QED) is 0.577. The molecular formula is C10H14ClNO2. The first-order chi connectivity index (χ1) is 6.77. The minimum atomic E-state index is 0.00386. The predicted molar refractivity (Wildman–Crippen MR) is 56.8 cm³/mol. The van der Waals surface area contributed by atoms with E-state index < -0.39 is 0 Å². The molecule has 0 aliphatic carbocycles. The number of aliphatic hydroxyl groups is 1. The highest BCUT2D eigenvalue weighted by Crippen LogP contribution is 2.24. The number of aliphatic hydroxyl groups excluding tert-OH is 1. The maximum atomic E-state index is 8.52. The second-order valence-corrected chi connectivity index (χ2v) is 3.28. The van der Waals surface area contributed by atoms with E-state index in [1.54, 1.807) is 7.11 Å². The minimum absolute atomic E-state index is 0.00386. The first-order valence-corrected chi connectivity index (χ1v) is 4.79. The van der Waals surface area contributed by atoms with Crippen LogP contribution in [0.25, 0.3) is 0 Å². The Balaban J connectivity index is 2.57. The van der Waals surface area contributed by atoms with Crippen molar-refractivity contribution in [3.05, 3.63) is 28.8 Å². The molecule has 4 heteroatoms.